The van der Waals surface area contributed by atoms with Crippen LogP contribution in [0.5, 0.6) is 5.75 Å². The van der Waals surface area contributed by atoms with E-state index in [1.165, 1.54) is 0 Å². The lowest BCUT2D eigenvalue weighted by molar-refractivity contribution is 0.0101. The van der Waals surface area contributed by atoms with Crippen molar-refractivity contribution >= 4 is 22.0 Å². The highest BCUT2D eigenvalue weighted by molar-refractivity contribution is 9.10. The van der Waals surface area contributed by atoms with Gasteiger partial charge in [-0.2, -0.15) is 0 Å². The van der Waals surface area contributed by atoms with Gasteiger partial charge in [-0.3, -0.25) is 4.79 Å². The van der Waals surface area contributed by atoms with Gasteiger partial charge in [0.05, 0.1) is 0 Å². The molecular formula is C16H21BrN2O4. The Hall–Kier alpha value is -1.50. The maximum Gasteiger partial charge on any atom is 0.410 e. The number of piperidine rings is 1. The zero-order chi connectivity index (χ0) is 16.9. The molecule has 3 rings (SSSR count). The molecule has 3 heterocycles. The van der Waals surface area contributed by atoms with Gasteiger partial charge in [-0.1, -0.05) is 0 Å². The fourth-order valence-electron chi connectivity index (χ4n) is 3.44. The zero-order valence-corrected chi connectivity index (χ0v) is 15.1. The predicted molar refractivity (Wildman–Crippen MR) is 88.7 cm³/mol. The standard InChI is InChI=1S/C16H21BrN2O4/c1-16(2,3)23-15(22)18-6-9-4-10(8-18)11-5-12(20)13(17)14(21)19(11)7-9/h5,9-10,20H,4,6-8H2,1-3H3. The van der Waals surface area contributed by atoms with Crippen LogP contribution in [0.3, 0.4) is 0 Å². The van der Waals surface area contributed by atoms with Crippen LogP contribution in [0.2, 0.25) is 0 Å². The molecule has 2 aliphatic heterocycles. The van der Waals surface area contributed by atoms with Crippen molar-refractivity contribution in [3.05, 3.63) is 26.6 Å². The Morgan fingerprint density at radius 3 is 2.70 bits per heavy atom. The first-order valence-corrected chi connectivity index (χ1v) is 8.55. The number of nitrogens with zero attached hydrogens (tertiary/aromatic N) is 2. The van der Waals surface area contributed by atoms with Gasteiger partial charge in [0.1, 0.15) is 15.8 Å². The van der Waals surface area contributed by atoms with Crippen molar-refractivity contribution in [2.75, 3.05) is 13.1 Å². The molecule has 0 spiro atoms. The first-order valence-electron chi connectivity index (χ1n) is 7.76. The van der Waals surface area contributed by atoms with E-state index in [1.54, 1.807) is 15.5 Å². The summed E-state index contributed by atoms with van der Waals surface area (Å²) in [7, 11) is 0. The number of hydrogen-bond donors (Lipinski definition) is 1. The lowest BCUT2D eigenvalue weighted by Gasteiger charge is -2.42. The first-order chi connectivity index (χ1) is 10.7. The van der Waals surface area contributed by atoms with Crippen molar-refractivity contribution < 1.29 is 14.6 Å². The van der Waals surface area contributed by atoms with E-state index in [-0.39, 0.29) is 33.7 Å². The number of carbonyl (C=O) groups is 1. The maximum absolute atomic E-state index is 12.3. The van der Waals surface area contributed by atoms with Gasteiger partial charge < -0.3 is 19.3 Å². The van der Waals surface area contributed by atoms with E-state index in [1.807, 2.05) is 20.8 Å². The van der Waals surface area contributed by atoms with Crippen LogP contribution in [0.15, 0.2) is 15.3 Å². The number of halogens is 1. The van der Waals surface area contributed by atoms with Crippen LogP contribution in [0.4, 0.5) is 4.79 Å². The van der Waals surface area contributed by atoms with E-state index in [0.717, 1.165) is 12.1 Å². The van der Waals surface area contributed by atoms with Gasteiger partial charge in [0.2, 0.25) is 0 Å². The van der Waals surface area contributed by atoms with E-state index in [9.17, 15) is 14.7 Å². The molecule has 2 aliphatic rings. The van der Waals surface area contributed by atoms with Gasteiger partial charge in [0, 0.05) is 37.3 Å². The molecule has 1 amide bonds. The quantitative estimate of drug-likeness (QED) is 0.746. The molecule has 0 aromatic carbocycles. The molecule has 2 atom stereocenters. The second kappa shape index (κ2) is 5.54. The van der Waals surface area contributed by atoms with E-state index < -0.39 is 5.60 Å². The van der Waals surface area contributed by atoms with Crippen molar-refractivity contribution in [1.29, 1.82) is 0 Å². The number of rotatable bonds is 0. The number of pyridine rings is 1. The SMILES string of the molecule is CC(C)(C)OC(=O)N1CC2CC(C1)c1cc(O)c(Br)c(=O)n1C2. The second-order valence-electron chi connectivity index (χ2n) is 7.37. The summed E-state index contributed by atoms with van der Waals surface area (Å²) in [5, 5.41) is 9.92. The highest BCUT2D eigenvalue weighted by Crippen LogP contribution is 2.37. The Bertz CT molecular complexity index is 707. The summed E-state index contributed by atoms with van der Waals surface area (Å²) in [5.41, 5.74) is 0.0577. The van der Waals surface area contributed by atoms with Gasteiger partial charge in [-0.05, 0) is 49.0 Å². The lowest BCUT2D eigenvalue weighted by atomic mass is 9.83. The molecule has 1 fully saturated rings. The molecule has 2 unspecified atom stereocenters. The van der Waals surface area contributed by atoms with Crippen LogP contribution in [0, 0.1) is 5.92 Å². The van der Waals surface area contributed by atoms with E-state index in [4.69, 9.17) is 4.74 Å². The summed E-state index contributed by atoms with van der Waals surface area (Å²) in [5.74, 6) is 0.221. The number of hydrogen-bond acceptors (Lipinski definition) is 4. The summed E-state index contributed by atoms with van der Waals surface area (Å²) >= 11 is 3.14. The van der Waals surface area contributed by atoms with Crippen LogP contribution in [0.1, 0.15) is 38.8 Å². The minimum atomic E-state index is -0.526. The van der Waals surface area contributed by atoms with Crippen molar-refractivity contribution in [1.82, 2.24) is 9.47 Å². The number of likely N-dealkylation sites (tertiary alicyclic amines) is 1. The molecule has 1 N–H and O–H groups in total. The minimum Gasteiger partial charge on any atom is -0.506 e. The molecule has 0 saturated carbocycles. The number of aromatic nitrogens is 1. The Labute approximate surface area is 143 Å². The zero-order valence-electron chi connectivity index (χ0n) is 13.5. The average Bonchev–Trinajstić information content (AvgIpc) is 2.44. The lowest BCUT2D eigenvalue weighted by Crippen LogP contribution is -2.50. The molecule has 1 saturated heterocycles. The number of fused-ring (bicyclic) bond motifs is 4. The normalized spacial score (nSPS) is 23.4. The van der Waals surface area contributed by atoms with Crippen LogP contribution in [0.25, 0.3) is 0 Å². The summed E-state index contributed by atoms with van der Waals surface area (Å²) in [6.45, 7) is 7.20. The second-order valence-corrected chi connectivity index (χ2v) is 8.16. The highest BCUT2D eigenvalue weighted by Gasteiger charge is 2.38. The average molecular weight is 385 g/mol. The molecule has 23 heavy (non-hydrogen) atoms. The highest BCUT2D eigenvalue weighted by atomic mass is 79.9. The summed E-state index contributed by atoms with van der Waals surface area (Å²) in [6, 6.07) is 1.63. The van der Waals surface area contributed by atoms with Crippen LogP contribution in [-0.4, -0.2) is 39.4 Å². The fourth-order valence-corrected chi connectivity index (χ4v) is 3.77. The van der Waals surface area contributed by atoms with Crippen molar-refractivity contribution in [2.24, 2.45) is 5.92 Å². The number of aromatic hydroxyl groups is 1. The fraction of sp³-hybridized carbons (Fsp3) is 0.625. The molecule has 6 nitrogen and oxygen atoms in total. The van der Waals surface area contributed by atoms with E-state index >= 15 is 0 Å². The molecule has 0 aliphatic carbocycles. The third-order valence-corrected chi connectivity index (χ3v) is 5.05. The molecule has 7 heteroatoms. The third kappa shape index (κ3) is 3.11. The van der Waals surface area contributed by atoms with Gasteiger partial charge in [-0.15, -0.1) is 0 Å². The Kier molecular flexibility index (Phi) is 3.94. The molecular weight excluding hydrogens is 364 g/mol. The van der Waals surface area contributed by atoms with Crippen LogP contribution < -0.4 is 5.56 Å². The van der Waals surface area contributed by atoms with Crippen molar-refractivity contribution in [2.45, 2.75) is 45.3 Å². The maximum atomic E-state index is 12.3. The molecule has 1 aromatic rings. The molecule has 0 radical (unpaired) electrons. The van der Waals surface area contributed by atoms with Gasteiger partial charge in [0.15, 0.2) is 0 Å². The number of amides is 1. The molecule has 2 bridgehead atoms. The van der Waals surface area contributed by atoms with Gasteiger partial charge >= 0.3 is 6.09 Å². The third-order valence-electron chi connectivity index (χ3n) is 4.30. The smallest absolute Gasteiger partial charge is 0.410 e. The van der Waals surface area contributed by atoms with E-state index in [2.05, 4.69) is 15.9 Å². The first kappa shape index (κ1) is 16.4. The largest absolute Gasteiger partial charge is 0.506 e. The van der Waals surface area contributed by atoms with Crippen LogP contribution in [-0.2, 0) is 11.3 Å². The minimum absolute atomic E-state index is 0.0433. The topological polar surface area (TPSA) is 71.8 Å². The summed E-state index contributed by atoms with van der Waals surface area (Å²) < 4.78 is 7.38. The summed E-state index contributed by atoms with van der Waals surface area (Å²) in [4.78, 5) is 26.4. The Balaban J connectivity index is 1.89. The Morgan fingerprint density at radius 2 is 2.04 bits per heavy atom. The monoisotopic (exact) mass is 384 g/mol. The van der Waals surface area contributed by atoms with Gasteiger partial charge in [0.25, 0.3) is 5.56 Å². The number of carbonyl (C=O) groups excluding carboxylic acids is 1. The Morgan fingerprint density at radius 1 is 1.35 bits per heavy atom. The van der Waals surface area contributed by atoms with Crippen molar-refractivity contribution in [3.63, 3.8) is 0 Å². The predicted octanol–water partition coefficient (Wildman–Crippen LogP) is 2.67. The van der Waals surface area contributed by atoms with Crippen molar-refractivity contribution in [3.8, 4) is 5.75 Å². The molecule has 126 valence electrons. The summed E-state index contributed by atoms with van der Waals surface area (Å²) in [6.07, 6.45) is 0.601. The van der Waals surface area contributed by atoms with Crippen LogP contribution >= 0.6 is 15.9 Å². The molecule has 1 aromatic heterocycles. The van der Waals surface area contributed by atoms with Gasteiger partial charge in [-0.25, -0.2) is 4.79 Å². The number of ether oxygens (including phenoxy) is 1. The van der Waals surface area contributed by atoms with E-state index in [0.29, 0.717) is 19.6 Å².